The Morgan fingerprint density at radius 2 is 1.95 bits per heavy atom. The number of halogens is 2. The van der Waals surface area contributed by atoms with Gasteiger partial charge in [-0.1, -0.05) is 35.3 Å². The molecule has 108 valence electrons. The van der Waals surface area contributed by atoms with Crippen molar-refractivity contribution >= 4 is 29.0 Å². The highest BCUT2D eigenvalue weighted by Crippen LogP contribution is 2.33. The molecule has 1 unspecified atom stereocenters. The van der Waals surface area contributed by atoms with Crippen molar-refractivity contribution in [1.29, 1.82) is 0 Å². The summed E-state index contributed by atoms with van der Waals surface area (Å²) in [5.41, 5.74) is 2.83. The molecule has 0 N–H and O–H groups in total. The highest BCUT2D eigenvalue weighted by molar-refractivity contribution is 6.36. The fourth-order valence-electron chi connectivity index (χ4n) is 2.92. The maximum absolute atomic E-state index is 12.7. The van der Waals surface area contributed by atoms with E-state index in [4.69, 9.17) is 23.2 Å². The second kappa shape index (κ2) is 6.17. The third-order valence-corrected chi connectivity index (χ3v) is 4.70. The number of benzene rings is 1. The number of rotatable bonds is 3. The second-order valence-corrected chi connectivity index (χ2v) is 6.15. The molecule has 0 amide bonds. The Hall–Kier alpha value is -1.38. The Labute approximate surface area is 134 Å². The summed E-state index contributed by atoms with van der Waals surface area (Å²) in [5.74, 6) is 0.00643. The highest BCUT2D eigenvalue weighted by Gasteiger charge is 2.28. The third kappa shape index (κ3) is 2.97. The molecule has 1 aliphatic rings. The number of fused-ring (bicyclic) bond motifs is 1. The average molecular weight is 320 g/mol. The number of hydrogen-bond donors (Lipinski definition) is 0. The van der Waals surface area contributed by atoms with Gasteiger partial charge in [-0.2, -0.15) is 0 Å². The molecule has 0 spiro atoms. The highest BCUT2D eigenvalue weighted by atomic mass is 35.5. The van der Waals surface area contributed by atoms with E-state index in [0.29, 0.717) is 15.6 Å². The van der Waals surface area contributed by atoms with Crippen LogP contribution in [0.15, 0.2) is 36.5 Å². The van der Waals surface area contributed by atoms with E-state index in [0.717, 1.165) is 25.0 Å². The number of Topliss-reactive ketones (excluding diaryl/α,β-unsaturated/α-hetero) is 1. The van der Waals surface area contributed by atoms with E-state index in [-0.39, 0.29) is 18.1 Å². The lowest BCUT2D eigenvalue weighted by Crippen LogP contribution is -2.21. The van der Waals surface area contributed by atoms with Gasteiger partial charge in [0.1, 0.15) is 5.78 Å². The fraction of sp³-hybridized carbons (Fsp3) is 0.294. The maximum Gasteiger partial charge on any atom is 0.146 e. The number of carbonyl (C=O) groups is 1. The lowest BCUT2D eigenvalue weighted by Gasteiger charge is -2.23. The molecule has 1 aromatic carbocycles. The van der Waals surface area contributed by atoms with Crippen molar-refractivity contribution in [3.63, 3.8) is 0 Å². The quantitative estimate of drug-likeness (QED) is 0.826. The van der Waals surface area contributed by atoms with Crippen molar-refractivity contribution in [2.24, 2.45) is 0 Å². The summed E-state index contributed by atoms with van der Waals surface area (Å²) in [4.78, 5) is 17.1. The molecule has 0 fully saturated rings. The fourth-order valence-corrected chi connectivity index (χ4v) is 3.45. The lowest BCUT2D eigenvalue weighted by molar-refractivity contribution is -0.120. The summed E-state index contributed by atoms with van der Waals surface area (Å²) >= 11 is 12.3. The van der Waals surface area contributed by atoms with E-state index < -0.39 is 0 Å². The van der Waals surface area contributed by atoms with Gasteiger partial charge in [0.15, 0.2) is 0 Å². The molecule has 2 aromatic rings. The molecule has 4 heteroatoms. The van der Waals surface area contributed by atoms with E-state index in [1.165, 1.54) is 5.56 Å². The minimum Gasteiger partial charge on any atom is -0.299 e. The number of pyridine rings is 1. The van der Waals surface area contributed by atoms with Gasteiger partial charge in [-0.15, -0.1) is 0 Å². The summed E-state index contributed by atoms with van der Waals surface area (Å²) in [6.45, 7) is 0. The normalized spacial score (nSPS) is 17.3. The zero-order chi connectivity index (χ0) is 14.8. The van der Waals surface area contributed by atoms with Gasteiger partial charge in [0, 0.05) is 22.7 Å². The van der Waals surface area contributed by atoms with Crippen molar-refractivity contribution < 1.29 is 4.79 Å². The molecule has 2 nitrogen and oxygen atoms in total. The minimum atomic E-state index is -0.137. The van der Waals surface area contributed by atoms with Gasteiger partial charge in [0.25, 0.3) is 0 Å². The summed E-state index contributed by atoms with van der Waals surface area (Å²) < 4.78 is 0. The minimum absolute atomic E-state index is 0.137. The van der Waals surface area contributed by atoms with Crippen LogP contribution in [0.25, 0.3) is 0 Å². The van der Waals surface area contributed by atoms with E-state index >= 15 is 0 Å². The van der Waals surface area contributed by atoms with Crippen LogP contribution >= 0.6 is 23.2 Å². The van der Waals surface area contributed by atoms with Crippen LogP contribution in [0.1, 0.15) is 35.6 Å². The average Bonchev–Trinajstić information content (AvgIpc) is 2.50. The first-order valence-corrected chi connectivity index (χ1v) is 7.82. The third-order valence-electron chi connectivity index (χ3n) is 4.00. The number of aryl methyl sites for hydroxylation is 1. The summed E-state index contributed by atoms with van der Waals surface area (Å²) in [6, 6.07) is 9.31. The standard InChI is InChI=1S/C17H15Cl2NO/c18-14-7-2-8-15(19)13(14)10-16(21)12-6-1-4-11-5-3-9-20-17(11)12/h2-3,5,7-9,12H,1,4,6,10H2. The molecule has 0 bridgehead atoms. The molecule has 0 saturated carbocycles. The largest absolute Gasteiger partial charge is 0.299 e. The van der Waals surface area contributed by atoms with Gasteiger partial charge in [-0.25, -0.2) is 0 Å². The van der Waals surface area contributed by atoms with E-state index in [1.807, 2.05) is 6.07 Å². The number of hydrogen-bond acceptors (Lipinski definition) is 2. The predicted octanol–water partition coefficient (Wildman–Crippen LogP) is 4.62. The Kier molecular flexibility index (Phi) is 4.27. The van der Waals surface area contributed by atoms with E-state index in [2.05, 4.69) is 11.1 Å². The van der Waals surface area contributed by atoms with Gasteiger partial charge >= 0.3 is 0 Å². The Morgan fingerprint density at radius 3 is 2.71 bits per heavy atom. The molecule has 21 heavy (non-hydrogen) atoms. The van der Waals surface area contributed by atoms with Crippen molar-refractivity contribution in [2.75, 3.05) is 0 Å². The molecule has 0 radical (unpaired) electrons. The maximum atomic E-state index is 12.7. The topological polar surface area (TPSA) is 30.0 Å². The van der Waals surface area contributed by atoms with Gasteiger partial charge in [0.2, 0.25) is 0 Å². The monoisotopic (exact) mass is 319 g/mol. The molecule has 1 aromatic heterocycles. The lowest BCUT2D eigenvalue weighted by atomic mass is 9.82. The smallest absolute Gasteiger partial charge is 0.146 e. The number of ketones is 1. The Balaban J connectivity index is 1.87. The summed E-state index contributed by atoms with van der Waals surface area (Å²) in [6.07, 6.45) is 4.89. The first-order valence-electron chi connectivity index (χ1n) is 7.06. The van der Waals surface area contributed by atoms with E-state index in [9.17, 15) is 4.79 Å². The molecule has 1 aliphatic carbocycles. The van der Waals surface area contributed by atoms with Crippen molar-refractivity contribution in [2.45, 2.75) is 31.6 Å². The number of carbonyl (C=O) groups excluding carboxylic acids is 1. The van der Waals surface area contributed by atoms with Gasteiger partial charge in [-0.3, -0.25) is 9.78 Å². The Bertz CT molecular complexity index is 664. The zero-order valence-electron chi connectivity index (χ0n) is 11.5. The predicted molar refractivity (Wildman–Crippen MR) is 85.1 cm³/mol. The number of nitrogens with zero attached hydrogens (tertiary/aromatic N) is 1. The van der Waals surface area contributed by atoms with Gasteiger partial charge < -0.3 is 0 Å². The van der Waals surface area contributed by atoms with Crippen LogP contribution < -0.4 is 0 Å². The molecule has 1 heterocycles. The van der Waals surface area contributed by atoms with Gasteiger partial charge in [0.05, 0.1) is 11.6 Å². The van der Waals surface area contributed by atoms with Crippen LogP contribution in [-0.4, -0.2) is 10.8 Å². The van der Waals surface area contributed by atoms with Crippen LogP contribution in [0.3, 0.4) is 0 Å². The van der Waals surface area contributed by atoms with Gasteiger partial charge in [-0.05, 0) is 48.6 Å². The van der Waals surface area contributed by atoms with Crippen LogP contribution in [0.5, 0.6) is 0 Å². The van der Waals surface area contributed by atoms with Crippen LogP contribution in [0.4, 0.5) is 0 Å². The molecule has 0 saturated heterocycles. The second-order valence-electron chi connectivity index (χ2n) is 5.34. The first-order chi connectivity index (χ1) is 10.2. The molecular formula is C17H15Cl2NO. The van der Waals surface area contributed by atoms with E-state index in [1.54, 1.807) is 24.4 Å². The molecule has 1 atom stereocenters. The first kappa shape index (κ1) is 14.6. The van der Waals surface area contributed by atoms with Crippen LogP contribution in [-0.2, 0) is 17.6 Å². The SMILES string of the molecule is O=C(Cc1c(Cl)cccc1Cl)C1CCCc2cccnc21. The van der Waals surface area contributed by atoms with Crippen molar-refractivity contribution in [3.8, 4) is 0 Å². The summed E-state index contributed by atoms with van der Waals surface area (Å²) in [5, 5.41) is 1.10. The van der Waals surface area contributed by atoms with Crippen molar-refractivity contribution in [1.82, 2.24) is 4.98 Å². The number of aromatic nitrogens is 1. The van der Waals surface area contributed by atoms with Crippen molar-refractivity contribution in [3.05, 3.63) is 63.4 Å². The zero-order valence-corrected chi connectivity index (χ0v) is 13.0. The molecular weight excluding hydrogens is 305 g/mol. The van der Waals surface area contributed by atoms with Crippen LogP contribution in [0.2, 0.25) is 10.0 Å². The molecule has 0 aliphatic heterocycles. The summed E-state index contributed by atoms with van der Waals surface area (Å²) in [7, 11) is 0. The molecule has 3 rings (SSSR count). The van der Waals surface area contributed by atoms with Crippen LogP contribution in [0, 0.1) is 0 Å². The Morgan fingerprint density at radius 1 is 1.19 bits per heavy atom.